The summed E-state index contributed by atoms with van der Waals surface area (Å²) in [6, 6.07) is 21.9. The van der Waals surface area contributed by atoms with Gasteiger partial charge in [-0.2, -0.15) is 4.98 Å². The number of benzene rings is 2. The molecule has 0 radical (unpaired) electrons. The van der Waals surface area contributed by atoms with Crippen LogP contribution in [-0.4, -0.2) is 38.6 Å². The molecule has 1 amide bonds. The van der Waals surface area contributed by atoms with Crippen LogP contribution in [0, 0.1) is 6.92 Å². The highest BCUT2D eigenvalue weighted by atomic mass is 16.5. The Kier molecular flexibility index (Phi) is 4.67. The maximum absolute atomic E-state index is 13.3. The molecule has 2 aromatic heterocycles. The van der Waals surface area contributed by atoms with Crippen molar-refractivity contribution in [3.8, 4) is 5.69 Å². The van der Waals surface area contributed by atoms with Gasteiger partial charge in [-0.25, -0.2) is 0 Å². The minimum atomic E-state index is -0.0169. The molecule has 2 aromatic carbocycles. The molecule has 1 aliphatic rings. The van der Waals surface area contributed by atoms with Gasteiger partial charge in [0.1, 0.15) is 0 Å². The molecule has 6 nitrogen and oxygen atoms in total. The van der Waals surface area contributed by atoms with Gasteiger partial charge in [-0.1, -0.05) is 35.5 Å². The van der Waals surface area contributed by atoms with E-state index in [1.54, 1.807) is 0 Å². The van der Waals surface area contributed by atoms with E-state index in [2.05, 4.69) is 22.3 Å². The summed E-state index contributed by atoms with van der Waals surface area (Å²) in [6.07, 6.45) is 3.97. The molecule has 1 fully saturated rings. The van der Waals surface area contributed by atoms with Crippen molar-refractivity contribution in [2.24, 2.45) is 0 Å². The minimum Gasteiger partial charge on any atom is -0.339 e. The summed E-state index contributed by atoms with van der Waals surface area (Å²) in [4.78, 5) is 19.6. The van der Waals surface area contributed by atoms with Crippen molar-refractivity contribution >= 4 is 5.91 Å². The first kappa shape index (κ1) is 18.4. The Hall–Kier alpha value is -3.67. The normalized spacial score (nSPS) is 18.6. The van der Waals surface area contributed by atoms with Crippen LogP contribution in [0.3, 0.4) is 0 Å². The van der Waals surface area contributed by atoms with Gasteiger partial charge in [0, 0.05) is 42.7 Å². The van der Waals surface area contributed by atoms with Crippen LogP contribution in [0.5, 0.6) is 0 Å². The van der Waals surface area contributed by atoms with Crippen molar-refractivity contribution in [3.05, 3.63) is 102 Å². The van der Waals surface area contributed by atoms with Gasteiger partial charge >= 0.3 is 0 Å². The summed E-state index contributed by atoms with van der Waals surface area (Å²) >= 11 is 0. The van der Waals surface area contributed by atoms with Crippen LogP contribution >= 0.6 is 0 Å². The van der Waals surface area contributed by atoms with Crippen molar-refractivity contribution in [3.63, 3.8) is 0 Å². The largest absolute Gasteiger partial charge is 0.339 e. The number of carbonyl (C=O) groups excluding carboxylic acids is 1. The average Bonchev–Trinajstić information content (AvgIpc) is 3.54. The van der Waals surface area contributed by atoms with E-state index in [1.165, 1.54) is 5.56 Å². The minimum absolute atomic E-state index is 0.0169. The highest BCUT2D eigenvalue weighted by Crippen LogP contribution is 2.39. The SMILES string of the molecule is Cc1noc([C@H]2CN(C(=O)c3ccc(-n4cccc4)cc3)C[C@@H]2c2ccccc2)n1. The van der Waals surface area contributed by atoms with E-state index in [0.717, 1.165) is 5.69 Å². The van der Waals surface area contributed by atoms with Crippen LogP contribution in [0.25, 0.3) is 5.69 Å². The summed E-state index contributed by atoms with van der Waals surface area (Å²) in [5.41, 5.74) is 2.89. The number of carbonyl (C=O) groups is 1. The molecule has 0 unspecified atom stereocenters. The molecule has 0 bridgehead atoms. The molecule has 30 heavy (non-hydrogen) atoms. The first-order valence-corrected chi connectivity index (χ1v) is 10.1. The predicted octanol–water partition coefficient (Wildman–Crippen LogP) is 4.19. The lowest BCUT2D eigenvalue weighted by Gasteiger charge is -2.17. The number of amides is 1. The zero-order valence-electron chi connectivity index (χ0n) is 16.7. The molecule has 0 N–H and O–H groups in total. The fourth-order valence-corrected chi connectivity index (χ4v) is 4.19. The molecule has 3 heterocycles. The molecular weight excluding hydrogens is 376 g/mol. The smallest absolute Gasteiger partial charge is 0.253 e. The van der Waals surface area contributed by atoms with Gasteiger partial charge in [0.15, 0.2) is 5.82 Å². The number of hydrogen-bond donors (Lipinski definition) is 0. The number of aromatic nitrogens is 3. The number of hydrogen-bond acceptors (Lipinski definition) is 4. The van der Waals surface area contributed by atoms with Crippen LogP contribution in [-0.2, 0) is 0 Å². The fourth-order valence-electron chi connectivity index (χ4n) is 4.19. The Balaban J connectivity index is 1.41. The lowest BCUT2D eigenvalue weighted by Crippen LogP contribution is -2.28. The zero-order chi connectivity index (χ0) is 20.5. The van der Waals surface area contributed by atoms with E-state index in [0.29, 0.717) is 30.4 Å². The Morgan fingerprint density at radius 2 is 1.63 bits per heavy atom. The van der Waals surface area contributed by atoms with Gasteiger partial charge in [-0.3, -0.25) is 4.79 Å². The molecular formula is C24H22N4O2. The van der Waals surface area contributed by atoms with Crippen LogP contribution in [0.4, 0.5) is 0 Å². The van der Waals surface area contributed by atoms with Crippen molar-refractivity contribution in [2.75, 3.05) is 13.1 Å². The molecule has 2 atom stereocenters. The molecule has 5 rings (SSSR count). The summed E-state index contributed by atoms with van der Waals surface area (Å²) in [5, 5.41) is 3.96. The first-order chi connectivity index (χ1) is 14.7. The summed E-state index contributed by atoms with van der Waals surface area (Å²) in [7, 11) is 0. The van der Waals surface area contributed by atoms with E-state index in [9.17, 15) is 4.79 Å². The third-order valence-electron chi connectivity index (χ3n) is 5.71. The van der Waals surface area contributed by atoms with Crippen molar-refractivity contribution < 1.29 is 9.32 Å². The lowest BCUT2D eigenvalue weighted by atomic mass is 9.89. The van der Waals surface area contributed by atoms with Crippen LogP contribution in [0.15, 0.2) is 83.6 Å². The quantitative estimate of drug-likeness (QED) is 0.517. The number of nitrogens with zero attached hydrogens (tertiary/aromatic N) is 4. The predicted molar refractivity (Wildman–Crippen MR) is 113 cm³/mol. The third-order valence-corrected chi connectivity index (χ3v) is 5.71. The van der Waals surface area contributed by atoms with E-state index in [-0.39, 0.29) is 17.7 Å². The average molecular weight is 398 g/mol. The van der Waals surface area contributed by atoms with Crippen LogP contribution in [0.1, 0.15) is 39.5 Å². The molecule has 6 heteroatoms. The summed E-state index contributed by atoms with van der Waals surface area (Å²) < 4.78 is 7.51. The molecule has 1 saturated heterocycles. The monoisotopic (exact) mass is 398 g/mol. The van der Waals surface area contributed by atoms with E-state index >= 15 is 0 Å². The molecule has 1 aliphatic heterocycles. The maximum atomic E-state index is 13.3. The number of rotatable bonds is 4. The highest BCUT2D eigenvalue weighted by molar-refractivity contribution is 5.94. The Morgan fingerprint density at radius 3 is 2.30 bits per heavy atom. The van der Waals surface area contributed by atoms with Crippen molar-refractivity contribution in [1.29, 1.82) is 0 Å². The molecule has 0 aliphatic carbocycles. The number of aryl methyl sites for hydroxylation is 1. The van der Waals surface area contributed by atoms with Gasteiger partial charge in [-0.15, -0.1) is 0 Å². The second-order valence-electron chi connectivity index (χ2n) is 7.65. The van der Waals surface area contributed by atoms with Crippen molar-refractivity contribution in [1.82, 2.24) is 19.6 Å². The highest BCUT2D eigenvalue weighted by Gasteiger charge is 2.40. The standard InChI is InChI=1S/C24H22N4O2/c1-17-25-23(30-26-17)22-16-28(15-21(22)18-7-3-2-4-8-18)24(29)19-9-11-20(12-10-19)27-13-5-6-14-27/h2-14,21-22H,15-16H2,1H3/t21-,22+/m1/s1. The lowest BCUT2D eigenvalue weighted by molar-refractivity contribution is 0.0788. The molecule has 4 aromatic rings. The Morgan fingerprint density at radius 1 is 0.933 bits per heavy atom. The van der Waals surface area contributed by atoms with Gasteiger partial charge in [-0.05, 0) is 48.9 Å². The fraction of sp³-hybridized carbons (Fsp3) is 0.208. The van der Waals surface area contributed by atoms with Gasteiger partial charge < -0.3 is 14.0 Å². The van der Waals surface area contributed by atoms with Gasteiger partial charge in [0.2, 0.25) is 5.89 Å². The zero-order valence-corrected chi connectivity index (χ0v) is 16.7. The second kappa shape index (κ2) is 7.63. The van der Waals surface area contributed by atoms with Crippen LogP contribution in [0.2, 0.25) is 0 Å². The second-order valence-corrected chi connectivity index (χ2v) is 7.65. The van der Waals surface area contributed by atoms with Crippen molar-refractivity contribution in [2.45, 2.75) is 18.8 Å². The van der Waals surface area contributed by atoms with E-state index in [1.807, 2.05) is 83.4 Å². The Bertz CT molecular complexity index is 1130. The van der Waals surface area contributed by atoms with Crippen LogP contribution < -0.4 is 0 Å². The van der Waals surface area contributed by atoms with Gasteiger partial charge in [0.05, 0.1) is 5.92 Å². The Labute approximate surface area is 174 Å². The molecule has 0 saturated carbocycles. The summed E-state index contributed by atoms with van der Waals surface area (Å²) in [5.74, 6) is 1.33. The van der Waals surface area contributed by atoms with E-state index < -0.39 is 0 Å². The van der Waals surface area contributed by atoms with E-state index in [4.69, 9.17) is 4.52 Å². The first-order valence-electron chi connectivity index (χ1n) is 10.1. The molecule has 0 spiro atoms. The molecule has 150 valence electrons. The number of likely N-dealkylation sites (tertiary alicyclic amines) is 1. The third kappa shape index (κ3) is 3.41. The van der Waals surface area contributed by atoms with Gasteiger partial charge in [0.25, 0.3) is 5.91 Å². The topological polar surface area (TPSA) is 64.2 Å². The maximum Gasteiger partial charge on any atom is 0.253 e. The summed E-state index contributed by atoms with van der Waals surface area (Å²) in [6.45, 7) is 2.99.